The van der Waals surface area contributed by atoms with E-state index in [1.165, 1.54) is 0 Å². The lowest BCUT2D eigenvalue weighted by Gasteiger charge is -2.04. The molecule has 3 nitrogen and oxygen atoms in total. The molecule has 0 radical (unpaired) electrons. The topological polar surface area (TPSA) is 35.3 Å². The van der Waals surface area contributed by atoms with Crippen LogP contribution >= 0.6 is 11.6 Å². The fourth-order valence-electron chi connectivity index (χ4n) is 1.20. The molecule has 1 aromatic heterocycles. The van der Waals surface area contributed by atoms with E-state index in [9.17, 15) is 0 Å². The van der Waals surface area contributed by atoms with Crippen LogP contribution in [0.2, 0.25) is 5.02 Å². The van der Waals surface area contributed by atoms with Crippen molar-refractivity contribution >= 4 is 11.6 Å². The van der Waals surface area contributed by atoms with Crippen LogP contribution in [-0.4, -0.2) is 5.16 Å². The number of aryl methyl sites for hydroxylation is 1. The van der Waals surface area contributed by atoms with Crippen LogP contribution in [0, 0.1) is 6.92 Å². The van der Waals surface area contributed by atoms with Gasteiger partial charge < -0.3 is 9.26 Å². The van der Waals surface area contributed by atoms with E-state index >= 15 is 0 Å². The molecular formula is C11H10ClNO2. The van der Waals surface area contributed by atoms with Crippen molar-refractivity contribution in [1.82, 2.24) is 5.16 Å². The highest BCUT2D eigenvalue weighted by Crippen LogP contribution is 2.23. The second-order valence-corrected chi connectivity index (χ2v) is 3.56. The molecule has 1 aromatic carbocycles. The molecule has 4 heteroatoms. The van der Waals surface area contributed by atoms with Gasteiger partial charge in [0.15, 0.2) is 0 Å². The minimum Gasteiger partial charge on any atom is -0.486 e. The average Bonchev–Trinajstić information content (AvgIpc) is 2.63. The van der Waals surface area contributed by atoms with E-state index in [2.05, 4.69) is 5.16 Å². The molecule has 0 N–H and O–H groups in total. The third kappa shape index (κ3) is 2.50. The summed E-state index contributed by atoms with van der Waals surface area (Å²) in [4.78, 5) is 0. The van der Waals surface area contributed by atoms with Gasteiger partial charge in [0.2, 0.25) is 0 Å². The molecule has 0 fully saturated rings. The van der Waals surface area contributed by atoms with Crippen LogP contribution in [0.3, 0.4) is 0 Å². The van der Waals surface area contributed by atoms with Crippen molar-refractivity contribution < 1.29 is 9.26 Å². The molecule has 0 bridgehead atoms. The number of benzene rings is 1. The molecule has 0 unspecified atom stereocenters. The van der Waals surface area contributed by atoms with Gasteiger partial charge in [-0.15, -0.1) is 0 Å². The Morgan fingerprint density at radius 1 is 1.40 bits per heavy atom. The lowest BCUT2D eigenvalue weighted by molar-refractivity contribution is 0.288. The third-order valence-corrected chi connectivity index (χ3v) is 2.20. The smallest absolute Gasteiger partial charge is 0.138 e. The number of rotatable bonds is 3. The maximum Gasteiger partial charge on any atom is 0.138 e. The molecule has 15 heavy (non-hydrogen) atoms. The molecule has 2 aromatic rings. The lowest BCUT2D eigenvalue weighted by Crippen LogP contribution is -1.95. The van der Waals surface area contributed by atoms with Gasteiger partial charge in [-0.25, -0.2) is 0 Å². The average molecular weight is 224 g/mol. The van der Waals surface area contributed by atoms with Crippen molar-refractivity contribution in [1.29, 1.82) is 0 Å². The summed E-state index contributed by atoms with van der Waals surface area (Å²) in [5.41, 5.74) is 0.757. The Balaban J connectivity index is 2.02. The van der Waals surface area contributed by atoms with Gasteiger partial charge in [-0.3, -0.25) is 0 Å². The molecule has 0 amide bonds. The Kier molecular flexibility index (Phi) is 2.92. The zero-order valence-corrected chi connectivity index (χ0v) is 8.99. The Morgan fingerprint density at radius 3 is 2.87 bits per heavy atom. The number of nitrogens with zero attached hydrogens (tertiary/aromatic N) is 1. The van der Waals surface area contributed by atoms with Crippen molar-refractivity contribution in [3.63, 3.8) is 0 Å². The predicted octanol–water partition coefficient (Wildman–Crippen LogP) is 3.22. The maximum absolute atomic E-state index is 5.93. The number of hydrogen-bond acceptors (Lipinski definition) is 3. The molecule has 0 aliphatic rings. The van der Waals surface area contributed by atoms with Gasteiger partial charge in [0.05, 0.1) is 5.02 Å². The van der Waals surface area contributed by atoms with E-state index in [4.69, 9.17) is 20.9 Å². The highest BCUT2D eigenvalue weighted by molar-refractivity contribution is 6.32. The van der Waals surface area contributed by atoms with Crippen molar-refractivity contribution in [3.8, 4) is 5.75 Å². The number of aromatic nitrogens is 1. The Labute approximate surface area is 92.6 Å². The van der Waals surface area contributed by atoms with Gasteiger partial charge in [-0.05, 0) is 19.1 Å². The normalized spacial score (nSPS) is 10.3. The van der Waals surface area contributed by atoms with Gasteiger partial charge in [0.1, 0.15) is 23.8 Å². The van der Waals surface area contributed by atoms with E-state index in [-0.39, 0.29) is 0 Å². The van der Waals surface area contributed by atoms with Crippen LogP contribution in [0.25, 0.3) is 0 Å². The van der Waals surface area contributed by atoms with Crippen LogP contribution < -0.4 is 4.74 Å². The van der Waals surface area contributed by atoms with Crippen LogP contribution in [0.4, 0.5) is 0 Å². The monoisotopic (exact) mass is 223 g/mol. The van der Waals surface area contributed by atoms with Gasteiger partial charge in [-0.1, -0.05) is 28.9 Å². The SMILES string of the molecule is Cc1cc(COc2ccccc2Cl)no1. The summed E-state index contributed by atoms with van der Waals surface area (Å²) in [6, 6.07) is 9.15. The molecule has 0 saturated heterocycles. The first-order valence-corrected chi connectivity index (χ1v) is 4.93. The van der Waals surface area contributed by atoms with Crippen molar-refractivity contribution in [2.75, 3.05) is 0 Å². The van der Waals surface area contributed by atoms with E-state index in [0.717, 1.165) is 11.5 Å². The van der Waals surface area contributed by atoms with E-state index < -0.39 is 0 Å². The summed E-state index contributed by atoms with van der Waals surface area (Å²) in [6.45, 7) is 2.20. The van der Waals surface area contributed by atoms with E-state index in [0.29, 0.717) is 17.4 Å². The Morgan fingerprint density at radius 2 is 2.20 bits per heavy atom. The van der Waals surface area contributed by atoms with Crippen LogP contribution in [0.15, 0.2) is 34.9 Å². The second-order valence-electron chi connectivity index (χ2n) is 3.15. The first-order valence-electron chi connectivity index (χ1n) is 4.55. The summed E-state index contributed by atoms with van der Waals surface area (Å²) >= 11 is 5.93. The first-order chi connectivity index (χ1) is 7.25. The van der Waals surface area contributed by atoms with Crippen molar-refractivity contribution in [2.45, 2.75) is 13.5 Å². The van der Waals surface area contributed by atoms with Gasteiger partial charge in [0.25, 0.3) is 0 Å². The third-order valence-electron chi connectivity index (χ3n) is 1.89. The van der Waals surface area contributed by atoms with E-state index in [1.807, 2.05) is 31.2 Å². The highest BCUT2D eigenvalue weighted by atomic mass is 35.5. The molecule has 1 heterocycles. The minimum atomic E-state index is 0.362. The van der Waals surface area contributed by atoms with Crippen molar-refractivity contribution in [2.24, 2.45) is 0 Å². The largest absolute Gasteiger partial charge is 0.486 e. The summed E-state index contributed by atoms with van der Waals surface area (Å²) < 4.78 is 10.4. The lowest BCUT2D eigenvalue weighted by atomic mass is 10.3. The fourth-order valence-corrected chi connectivity index (χ4v) is 1.39. The fraction of sp³-hybridized carbons (Fsp3) is 0.182. The molecule has 0 aliphatic carbocycles. The molecule has 78 valence electrons. The zero-order chi connectivity index (χ0) is 10.7. The summed E-state index contributed by atoms with van der Waals surface area (Å²) in [7, 11) is 0. The zero-order valence-electron chi connectivity index (χ0n) is 8.24. The molecule has 0 spiro atoms. The molecular weight excluding hydrogens is 214 g/mol. The predicted molar refractivity (Wildman–Crippen MR) is 57.0 cm³/mol. The maximum atomic E-state index is 5.93. The van der Waals surface area contributed by atoms with Crippen molar-refractivity contribution in [3.05, 3.63) is 46.8 Å². The molecule has 0 aliphatic heterocycles. The highest BCUT2D eigenvalue weighted by Gasteiger charge is 2.03. The number of para-hydroxylation sites is 1. The number of hydrogen-bond donors (Lipinski definition) is 0. The molecule has 0 saturated carbocycles. The number of ether oxygens (including phenoxy) is 1. The minimum absolute atomic E-state index is 0.362. The number of halogens is 1. The second kappa shape index (κ2) is 4.36. The quantitative estimate of drug-likeness (QED) is 0.802. The summed E-state index contributed by atoms with van der Waals surface area (Å²) in [5.74, 6) is 1.42. The van der Waals surface area contributed by atoms with E-state index in [1.54, 1.807) is 6.07 Å². The summed E-state index contributed by atoms with van der Waals surface area (Å²) in [6.07, 6.45) is 0. The van der Waals surface area contributed by atoms with Crippen LogP contribution in [-0.2, 0) is 6.61 Å². The Bertz CT molecular complexity index is 453. The summed E-state index contributed by atoms with van der Waals surface area (Å²) in [5, 5.41) is 4.41. The van der Waals surface area contributed by atoms with Gasteiger partial charge >= 0.3 is 0 Å². The van der Waals surface area contributed by atoms with Gasteiger partial charge in [-0.2, -0.15) is 0 Å². The van der Waals surface area contributed by atoms with Crippen LogP contribution in [0.5, 0.6) is 5.75 Å². The standard InChI is InChI=1S/C11H10ClNO2/c1-8-6-9(13-15-8)7-14-11-5-3-2-4-10(11)12/h2-6H,7H2,1H3. The molecule has 0 atom stereocenters. The van der Waals surface area contributed by atoms with Gasteiger partial charge in [0, 0.05) is 6.07 Å². The molecule has 2 rings (SSSR count). The Hall–Kier alpha value is -1.48. The van der Waals surface area contributed by atoms with Crippen LogP contribution in [0.1, 0.15) is 11.5 Å². The first kappa shape index (κ1) is 10.1.